The highest BCUT2D eigenvalue weighted by Gasteiger charge is 2.36. The van der Waals surface area contributed by atoms with Crippen LogP contribution in [0, 0.1) is 5.92 Å². The first kappa shape index (κ1) is 20.1. The van der Waals surface area contributed by atoms with Gasteiger partial charge >= 0.3 is 0 Å². The Balaban J connectivity index is 1.23. The molecule has 2 aliphatic rings. The van der Waals surface area contributed by atoms with Gasteiger partial charge in [-0.1, -0.05) is 12.1 Å². The van der Waals surface area contributed by atoms with E-state index in [0.717, 1.165) is 16.9 Å². The third-order valence-corrected chi connectivity index (χ3v) is 5.89. The van der Waals surface area contributed by atoms with Crippen molar-refractivity contribution in [1.29, 1.82) is 0 Å². The van der Waals surface area contributed by atoms with Crippen molar-refractivity contribution in [1.82, 2.24) is 14.9 Å². The van der Waals surface area contributed by atoms with Crippen LogP contribution in [-0.4, -0.2) is 41.1 Å². The van der Waals surface area contributed by atoms with E-state index in [9.17, 15) is 9.59 Å². The van der Waals surface area contributed by atoms with Crippen molar-refractivity contribution in [2.24, 2.45) is 5.92 Å². The third-order valence-electron chi connectivity index (χ3n) is 5.89. The van der Waals surface area contributed by atoms with E-state index >= 15 is 0 Å². The molecule has 2 amide bonds. The number of anilines is 1. The molecule has 1 saturated heterocycles. The summed E-state index contributed by atoms with van der Waals surface area (Å²) in [5, 5.41) is 3.05. The maximum atomic E-state index is 12.9. The van der Waals surface area contributed by atoms with Crippen LogP contribution in [0.5, 0.6) is 11.5 Å². The molecule has 8 heteroatoms. The van der Waals surface area contributed by atoms with Gasteiger partial charge in [-0.25, -0.2) is 4.98 Å². The SMILES string of the molecule is C[C@@H](NC(=O)[C@H]1CC(=O)N(c2ccc3c(c2)OCCO3)C1)c1ccc(-n2ccnc2)cc1. The normalized spacial score (nSPS) is 18.5. The smallest absolute Gasteiger partial charge is 0.227 e. The van der Waals surface area contributed by atoms with Gasteiger partial charge in [0.2, 0.25) is 11.8 Å². The summed E-state index contributed by atoms with van der Waals surface area (Å²) < 4.78 is 13.1. The highest BCUT2D eigenvalue weighted by molar-refractivity contribution is 6.00. The molecule has 164 valence electrons. The molecule has 0 saturated carbocycles. The van der Waals surface area contributed by atoms with Gasteiger partial charge in [0, 0.05) is 42.8 Å². The highest BCUT2D eigenvalue weighted by Crippen LogP contribution is 2.36. The maximum absolute atomic E-state index is 12.9. The fourth-order valence-corrected chi connectivity index (χ4v) is 4.09. The van der Waals surface area contributed by atoms with Gasteiger partial charge in [0.25, 0.3) is 0 Å². The molecular weight excluding hydrogens is 408 g/mol. The number of ether oxygens (including phenoxy) is 2. The van der Waals surface area contributed by atoms with Gasteiger partial charge in [0.1, 0.15) is 13.2 Å². The van der Waals surface area contributed by atoms with Gasteiger partial charge < -0.3 is 24.3 Å². The summed E-state index contributed by atoms with van der Waals surface area (Å²) in [5.41, 5.74) is 2.72. The number of nitrogens with zero attached hydrogens (tertiary/aromatic N) is 3. The van der Waals surface area contributed by atoms with Crippen LogP contribution < -0.4 is 19.7 Å². The molecule has 2 atom stereocenters. The van der Waals surface area contributed by atoms with Crippen LogP contribution in [0.3, 0.4) is 0 Å². The first-order valence-corrected chi connectivity index (χ1v) is 10.7. The van der Waals surface area contributed by atoms with Crippen LogP contribution >= 0.6 is 0 Å². The van der Waals surface area contributed by atoms with Crippen molar-refractivity contribution < 1.29 is 19.1 Å². The van der Waals surface area contributed by atoms with Crippen LogP contribution in [0.1, 0.15) is 24.9 Å². The number of rotatable bonds is 5. The second-order valence-electron chi connectivity index (χ2n) is 8.03. The molecule has 1 aromatic heterocycles. The monoisotopic (exact) mass is 432 g/mol. The number of aromatic nitrogens is 2. The van der Waals surface area contributed by atoms with Crippen molar-refractivity contribution in [2.45, 2.75) is 19.4 Å². The molecule has 5 rings (SSSR count). The Morgan fingerprint density at radius 1 is 1.09 bits per heavy atom. The predicted molar refractivity (Wildman–Crippen MR) is 118 cm³/mol. The minimum absolute atomic E-state index is 0.0702. The molecule has 0 unspecified atom stereocenters. The Labute approximate surface area is 185 Å². The number of fused-ring (bicyclic) bond motifs is 1. The van der Waals surface area contributed by atoms with E-state index in [1.807, 2.05) is 48.0 Å². The largest absolute Gasteiger partial charge is 0.486 e. The van der Waals surface area contributed by atoms with Crippen LogP contribution in [0.25, 0.3) is 5.69 Å². The summed E-state index contributed by atoms with van der Waals surface area (Å²) in [7, 11) is 0. The summed E-state index contributed by atoms with van der Waals surface area (Å²) in [6.07, 6.45) is 5.54. The number of amides is 2. The molecule has 8 nitrogen and oxygen atoms in total. The Bertz CT molecular complexity index is 1130. The fraction of sp³-hybridized carbons (Fsp3) is 0.292. The van der Waals surface area contributed by atoms with Gasteiger partial charge in [0.15, 0.2) is 11.5 Å². The van der Waals surface area contributed by atoms with E-state index in [4.69, 9.17) is 9.47 Å². The lowest BCUT2D eigenvalue weighted by atomic mass is 10.0. The van der Waals surface area contributed by atoms with E-state index in [-0.39, 0.29) is 24.3 Å². The topological polar surface area (TPSA) is 85.7 Å². The fourth-order valence-electron chi connectivity index (χ4n) is 4.09. The molecule has 0 bridgehead atoms. The summed E-state index contributed by atoms with van der Waals surface area (Å²) in [5.74, 6) is 0.711. The molecule has 1 N–H and O–H groups in total. The molecule has 0 radical (unpaired) electrons. The second-order valence-corrected chi connectivity index (χ2v) is 8.03. The molecule has 2 aliphatic heterocycles. The lowest BCUT2D eigenvalue weighted by Crippen LogP contribution is -2.34. The van der Waals surface area contributed by atoms with E-state index in [0.29, 0.717) is 31.3 Å². The van der Waals surface area contributed by atoms with Crippen molar-refractivity contribution in [3.63, 3.8) is 0 Å². The van der Waals surface area contributed by atoms with Gasteiger partial charge in [-0.15, -0.1) is 0 Å². The average Bonchev–Trinajstić information content (AvgIpc) is 3.49. The first-order chi connectivity index (χ1) is 15.6. The lowest BCUT2D eigenvalue weighted by molar-refractivity contribution is -0.126. The Hall–Kier alpha value is -3.81. The van der Waals surface area contributed by atoms with E-state index < -0.39 is 5.92 Å². The zero-order valence-electron chi connectivity index (χ0n) is 17.7. The zero-order valence-corrected chi connectivity index (χ0v) is 17.7. The van der Waals surface area contributed by atoms with Crippen molar-refractivity contribution in [2.75, 3.05) is 24.7 Å². The molecular formula is C24H24N4O4. The first-order valence-electron chi connectivity index (χ1n) is 10.7. The zero-order chi connectivity index (χ0) is 22.1. The van der Waals surface area contributed by atoms with E-state index in [1.54, 1.807) is 29.6 Å². The predicted octanol–water partition coefficient (Wildman–Crippen LogP) is 2.87. The summed E-state index contributed by atoms with van der Waals surface area (Å²) in [6.45, 7) is 3.29. The van der Waals surface area contributed by atoms with Gasteiger partial charge in [0.05, 0.1) is 18.3 Å². The Morgan fingerprint density at radius 3 is 2.59 bits per heavy atom. The highest BCUT2D eigenvalue weighted by atomic mass is 16.6. The Kier molecular flexibility index (Phi) is 5.26. The number of hydrogen-bond acceptors (Lipinski definition) is 5. The lowest BCUT2D eigenvalue weighted by Gasteiger charge is -2.22. The number of hydrogen-bond donors (Lipinski definition) is 1. The number of nitrogens with one attached hydrogen (secondary N) is 1. The van der Waals surface area contributed by atoms with Crippen molar-refractivity contribution >= 4 is 17.5 Å². The minimum Gasteiger partial charge on any atom is -0.486 e. The second kappa shape index (κ2) is 8.37. The van der Waals surface area contributed by atoms with Gasteiger partial charge in [-0.3, -0.25) is 9.59 Å². The molecule has 0 aliphatic carbocycles. The summed E-state index contributed by atoms with van der Waals surface area (Å²) in [6, 6.07) is 13.2. The van der Waals surface area contributed by atoms with Crippen LogP contribution in [-0.2, 0) is 9.59 Å². The molecule has 32 heavy (non-hydrogen) atoms. The number of carbonyl (C=O) groups is 2. The number of benzene rings is 2. The third kappa shape index (κ3) is 3.91. The summed E-state index contributed by atoms with van der Waals surface area (Å²) >= 11 is 0. The van der Waals surface area contributed by atoms with Crippen molar-refractivity contribution in [3.8, 4) is 17.2 Å². The van der Waals surface area contributed by atoms with Crippen LogP contribution in [0.15, 0.2) is 61.2 Å². The van der Waals surface area contributed by atoms with Gasteiger partial charge in [-0.05, 0) is 36.8 Å². The quantitative estimate of drug-likeness (QED) is 0.670. The molecule has 0 spiro atoms. The van der Waals surface area contributed by atoms with E-state index in [2.05, 4.69) is 10.3 Å². The average molecular weight is 432 g/mol. The minimum atomic E-state index is -0.400. The number of imidazole rings is 1. The van der Waals surface area contributed by atoms with Crippen LogP contribution in [0.4, 0.5) is 5.69 Å². The molecule has 1 fully saturated rings. The van der Waals surface area contributed by atoms with Gasteiger partial charge in [-0.2, -0.15) is 0 Å². The van der Waals surface area contributed by atoms with E-state index in [1.165, 1.54) is 0 Å². The summed E-state index contributed by atoms with van der Waals surface area (Å²) in [4.78, 5) is 31.2. The van der Waals surface area contributed by atoms with Crippen molar-refractivity contribution in [3.05, 3.63) is 66.7 Å². The molecule has 2 aromatic carbocycles. The van der Waals surface area contributed by atoms with Crippen LogP contribution in [0.2, 0.25) is 0 Å². The Morgan fingerprint density at radius 2 is 1.84 bits per heavy atom. The number of carbonyl (C=O) groups excluding carboxylic acids is 2. The standard InChI is InChI=1S/C24H24N4O4/c1-16(17-2-4-19(5-3-17)27-9-8-25-15-27)26-24(30)18-12-23(29)28(14-18)20-6-7-21-22(13-20)32-11-10-31-21/h2-9,13,15-16,18H,10-12,14H2,1H3,(H,26,30)/t16-,18+/m1/s1. The molecule has 3 aromatic rings. The molecule has 3 heterocycles. The maximum Gasteiger partial charge on any atom is 0.227 e.